The molecule has 3 N–H and O–H groups in total. The largest absolute Gasteiger partial charge is 0.342 e. The van der Waals surface area contributed by atoms with Crippen molar-refractivity contribution in [1.29, 1.82) is 0 Å². The average Bonchev–Trinajstić information content (AvgIpc) is 2.97. The molecule has 0 bridgehead atoms. The summed E-state index contributed by atoms with van der Waals surface area (Å²) in [5.41, 5.74) is 6.59. The number of hydrogen-bond donors (Lipinski definition) is 3. The maximum atomic E-state index is 4.47. The quantitative estimate of drug-likeness (QED) is 0.681. The van der Waals surface area contributed by atoms with E-state index in [2.05, 4.69) is 44.5 Å². The molecule has 0 fully saturated rings. The Labute approximate surface area is 117 Å². The third-order valence-corrected chi connectivity index (χ3v) is 3.61. The Balaban J connectivity index is 1.99. The minimum absolute atomic E-state index is 0.936. The zero-order valence-electron chi connectivity index (χ0n) is 12.0. The van der Waals surface area contributed by atoms with E-state index in [-0.39, 0.29) is 0 Å². The molecule has 0 aliphatic heterocycles. The van der Waals surface area contributed by atoms with E-state index in [4.69, 9.17) is 0 Å². The molecular formula is C15H19N5. The fraction of sp³-hybridized carbons (Fsp3) is 0.333. The van der Waals surface area contributed by atoms with Crippen molar-refractivity contribution in [2.45, 2.75) is 20.3 Å². The van der Waals surface area contributed by atoms with E-state index in [1.807, 2.05) is 20.0 Å². The number of rotatable bonds is 4. The van der Waals surface area contributed by atoms with Gasteiger partial charge in [0.2, 0.25) is 0 Å². The summed E-state index contributed by atoms with van der Waals surface area (Å²) in [7, 11) is 1.96. The van der Waals surface area contributed by atoms with Gasteiger partial charge in [-0.15, -0.1) is 0 Å². The number of hydrogen-bond acceptors (Lipinski definition) is 3. The smallest absolute Gasteiger partial charge is 0.104 e. The molecule has 0 radical (unpaired) electrons. The van der Waals surface area contributed by atoms with E-state index in [1.54, 1.807) is 0 Å². The first-order valence-electron chi connectivity index (χ1n) is 6.84. The molecule has 0 atom stereocenters. The molecule has 0 unspecified atom stereocenters. The lowest BCUT2D eigenvalue weighted by molar-refractivity contribution is 0.769. The molecule has 0 saturated heterocycles. The topological polar surface area (TPSA) is 69.4 Å². The highest BCUT2D eigenvalue weighted by Gasteiger charge is 2.11. The molecule has 0 aliphatic rings. The van der Waals surface area contributed by atoms with Crippen molar-refractivity contribution in [1.82, 2.24) is 25.5 Å². The van der Waals surface area contributed by atoms with Crippen molar-refractivity contribution >= 4 is 11.0 Å². The summed E-state index contributed by atoms with van der Waals surface area (Å²) in [6, 6.07) is 6.23. The fourth-order valence-corrected chi connectivity index (χ4v) is 2.49. The Kier molecular flexibility index (Phi) is 3.28. The van der Waals surface area contributed by atoms with Crippen LogP contribution in [0, 0.1) is 13.8 Å². The Hall–Kier alpha value is -2.14. The number of aromatic amines is 2. The molecule has 2 aromatic heterocycles. The first-order chi connectivity index (χ1) is 9.69. The van der Waals surface area contributed by atoms with Crippen LogP contribution in [-0.4, -0.2) is 33.8 Å². The Bertz CT molecular complexity index is 738. The van der Waals surface area contributed by atoms with Gasteiger partial charge >= 0.3 is 0 Å². The molecule has 1 aromatic carbocycles. The van der Waals surface area contributed by atoms with Crippen LogP contribution < -0.4 is 5.32 Å². The first kappa shape index (κ1) is 12.9. The second kappa shape index (κ2) is 5.09. The lowest BCUT2D eigenvalue weighted by atomic mass is 10.1. The molecule has 0 amide bonds. The predicted molar refractivity (Wildman–Crippen MR) is 80.8 cm³/mol. The maximum absolute atomic E-state index is 4.47. The van der Waals surface area contributed by atoms with Crippen molar-refractivity contribution in [2.75, 3.05) is 13.6 Å². The van der Waals surface area contributed by atoms with Gasteiger partial charge in [-0.1, -0.05) is 6.07 Å². The van der Waals surface area contributed by atoms with Gasteiger partial charge in [-0.2, -0.15) is 5.10 Å². The van der Waals surface area contributed by atoms with Gasteiger partial charge in [-0.3, -0.25) is 5.10 Å². The van der Waals surface area contributed by atoms with E-state index in [9.17, 15) is 0 Å². The molecule has 20 heavy (non-hydrogen) atoms. The Morgan fingerprint density at radius 1 is 1.25 bits per heavy atom. The van der Waals surface area contributed by atoms with Crippen LogP contribution in [0.4, 0.5) is 0 Å². The normalized spacial score (nSPS) is 11.3. The minimum Gasteiger partial charge on any atom is -0.342 e. The third-order valence-electron chi connectivity index (χ3n) is 3.61. The number of fused-ring (bicyclic) bond motifs is 1. The van der Waals surface area contributed by atoms with E-state index >= 15 is 0 Å². The number of likely N-dealkylation sites (N-methyl/N-ethyl adjacent to an activating group) is 1. The SMILES string of the molecule is CNCCc1[nH]nc(-c2ccc3nc(C)[nH]c3c2)c1C. The molecule has 5 heteroatoms. The van der Waals surface area contributed by atoms with Gasteiger partial charge < -0.3 is 10.3 Å². The van der Waals surface area contributed by atoms with Crippen LogP contribution in [0.1, 0.15) is 17.1 Å². The standard InChI is InChI=1S/C15H19N5/c1-9-12(6-7-16-3)19-20-15(9)11-4-5-13-14(8-11)18-10(2)17-13/h4-5,8,16H,6-7H2,1-3H3,(H,17,18)(H,19,20). The summed E-state index contributed by atoms with van der Waals surface area (Å²) < 4.78 is 0. The number of aromatic nitrogens is 4. The molecule has 3 aromatic rings. The van der Waals surface area contributed by atoms with Gasteiger partial charge in [-0.25, -0.2) is 4.98 Å². The van der Waals surface area contributed by atoms with E-state index in [1.165, 1.54) is 11.3 Å². The van der Waals surface area contributed by atoms with E-state index in [0.29, 0.717) is 0 Å². The summed E-state index contributed by atoms with van der Waals surface area (Å²) in [4.78, 5) is 7.69. The van der Waals surface area contributed by atoms with Crippen LogP contribution in [0.3, 0.4) is 0 Å². The zero-order chi connectivity index (χ0) is 14.1. The third kappa shape index (κ3) is 2.20. The van der Waals surface area contributed by atoms with Gasteiger partial charge in [0.05, 0.1) is 16.7 Å². The number of nitrogens with zero attached hydrogens (tertiary/aromatic N) is 2. The predicted octanol–water partition coefficient (Wildman–Crippen LogP) is 2.33. The highest BCUT2D eigenvalue weighted by molar-refractivity contribution is 5.81. The van der Waals surface area contributed by atoms with Crippen molar-refractivity contribution < 1.29 is 0 Å². The second-order valence-electron chi connectivity index (χ2n) is 5.08. The highest BCUT2D eigenvalue weighted by atomic mass is 15.1. The minimum atomic E-state index is 0.936. The van der Waals surface area contributed by atoms with Crippen LogP contribution >= 0.6 is 0 Å². The van der Waals surface area contributed by atoms with Crippen LogP contribution in [-0.2, 0) is 6.42 Å². The molecule has 2 heterocycles. The summed E-state index contributed by atoms with van der Waals surface area (Å²) in [6.45, 7) is 5.03. The molecule has 5 nitrogen and oxygen atoms in total. The number of nitrogens with one attached hydrogen (secondary N) is 3. The van der Waals surface area contributed by atoms with Crippen molar-refractivity contribution in [3.05, 3.63) is 35.3 Å². The summed E-state index contributed by atoms with van der Waals surface area (Å²) >= 11 is 0. The fourth-order valence-electron chi connectivity index (χ4n) is 2.49. The van der Waals surface area contributed by atoms with E-state index in [0.717, 1.165) is 41.1 Å². The van der Waals surface area contributed by atoms with Crippen LogP contribution in [0.5, 0.6) is 0 Å². The molecule has 3 rings (SSSR count). The lowest BCUT2D eigenvalue weighted by Gasteiger charge is -2.01. The summed E-state index contributed by atoms with van der Waals surface area (Å²) in [6.07, 6.45) is 0.959. The van der Waals surface area contributed by atoms with Crippen molar-refractivity contribution in [2.24, 2.45) is 0 Å². The number of H-pyrrole nitrogens is 2. The second-order valence-corrected chi connectivity index (χ2v) is 5.08. The van der Waals surface area contributed by atoms with E-state index < -0.39 is 0 Å². The van der Waals surface area contributed by atoms with Crippen LogP contribution in [0.25, 0.3) is 22.3 Å². The first-order valence-corrected chi connectivity index (χ1v) is 6.84. The average molecular weight is 269 g/mol. The molecule has 0 spiro atoms. The summed E-state index contributed by atoms with van der Waals surface area (Å²) in [5.74, 6) is 0.936. The lowest BCUT2D eigenvalue weighted by Crippen LogP contribution is -2.11. The van der Waals surface area contributed by atoms with Gasteiger partial charge in [-0.05, 0) is 38.6 Å². The van der Waals surface area contributed by atoms with Crippen LogP contribution in [0.15, 0.2) is 18.2 Å². The highest BCUT2D eigenvalue weighted by Crippen LogP contribution is 2.26. The van der Waals surface area contributed by atoms with Gasteiger partial charge in [0.1, 0.15) is 5.82 Å². The van der Waals surface area contributed by atoms with Crippen LogP contribution in [0.2, 0.25) is 0 Å². The van der Waals surface area contributed by atoms with Gasteiger partial charge in [0.15, 0.2) is 0 Å². The molecular weight excluding hydrogens is 250 g/mol. The monoisotopic (exact) mass is 269 g/mol. The number of imidazole rings is 1. The number of aryl methyl sites for hydroxylation is 1. The molecule has 0 aliphatic carbocycles. The van der Waals surface area contributed by atoms with Gasteiger partial charge in [0, 0.05) is 24.2 Å². The summed E-state index contributed by atoms with van der Waals surface area (Å²) in [5, 5.41) is 10.8. The van der Waals surface area contributed by atoms with Gasteiger partial charge in [0.25, 0.3) is 0 Å². The van der Waals surface area contributed by atoms with Crippen molar-refractivity contribution in [3.63, 3.8) is 0 Å². The Morgan fingerprint density at radius 3 is 2.90 bits per heavy atom. The molecule has 104 valence electrons. The number of benzene rings is 1. The molecule has 0 saturated carbocycles. The van der Waals surface area contributed by atoms with Crippen molar-refractivity contribution in [3.8, 4) is 11.3 Å². The maximum Gasteiger partial charge on any atom is 0.104 e. The Morgan fingerprint density at radius 2 is 2.10 bits per heavy atom. The zero-order valence-corrected chi connectivity index (χ0v) is 12.0.